The smallest absolute Gasteiger partial charge is 0.170 e. The Hall–Kier alpha value is -13.8. The topological polar surface area (TPSA) is 284 Å². The van der Waals surface area contributed by atoms with Crippen molar-refractivity contribution in [3.05, 3.63) is 375 Å². The van der Waals surface area contributed by atoms with Gasteiger partial charge in [-0.25, -0.2) is 0 Å². The largest absolute Gasteiger partial charge is 0.464 e. The number of benzene rings is 13. The molecule has 5 radical (unpaired) electrons. The van der Waals surface area contributed by atoms with E-state index in [0.717, 1.165) is 146 Å². The van der Waals surface area contributed by atoms with E-state index in [9.17, 15) is 0 Å². The number of oxazole rings is 5. The van der Waals surface area contributed by atoms with Crippen LogP contribution in [0.15, 0.2) is 316 Å². The van der Waals surface area contributed by atoms with Crippen molar-refractivity contribution in [3.63, 3.8) is 0 Å². The molecule has 136 heavy (non-hydrogen) atoms. The second-order valence-corrected chi connectivity index (χ2v) is 32.2. The number of rotatable bonds is 15. The first kappa shape index (κ1) is 98.2. The van der Waals surface area contributed by atoms with Gasteiger partial charge in [-0.1, -0.05) is 221 Å². The molecular weight excluding hydrogens is 2590 g/mol. The number of hydrogen-bond donors (Lipinski definition) is 0. The van der Waals surface area contributed by atoms with E-state index in [1.807, 2.05) is 121 Å². The van der Waals surface area contributed by atoms with Crippen molar-refractivity contribution in [2.45, 2.75) is 88.0 Å². The van der Waals surface area contributed by atoms with Crippen LogP contribution in [0.25, 0.3) is 174 Å². The zero-order valence-electron chi connectivity index (χ0n) is 75.0. The van der Waals surface area contributed by atoms with Crippen LogP contribution in [0, 0.1) is 78.8 Å². The third kappa shape index (κ3) is 20.4. The van der Waals surface area contributed by atoms with Crippen molar-refractivity contribution >= 4 is 55.5 Å². The Morgan fingerprint density at radius 3 is 0.809 bits per heavy atom. The summed E-state index contributed by atoms with van der Waals surface area (Å²) >= 11 is 0. The third-order valence-corrected chi connectivity index (χ3v) is 22.7. The molecule has 10 aromatic heterocycles. The zero-order valence-corrected chi connectivity index (χ0v) is 87.0. The molecule has 13 aromatic carbocycles. The predicted octanol–water partition coefficient (Wildman–Crippen LogP) is 23.8. The molecule has 0 fully saturated rings. The maximum atomic E-state index is 5.50. The summed E-state index contributed by atoms with van der Waals surface area (Å²) in [6.07, 6.45) is 15.9. The van der Waals surface area contributed by atoms with Gasteiger partial charge >= 0.3 is 0 Å². The second-order valence-electron chi connectivity index (χ2n) is 32.2. The average Bonchev–Trinajstić information content (AvgIpc) is 1.41. The number of fused-ring (bicyclic) bond motifs is 5. The molecule has 0 aliphatic carbocycles. The molecule has 0 N–H and O–H groups in total. The molecule has 0 aliphatic rings. The maximum absolute atomic E-state index is 5.50. The Kier molecular flexibility index (Phi) is 31.5. The van der Waals surface area contributed by atoms with Gasteiger partial charge in [0.1, 0.15) is 31.6 Å². The molecule has 30 heteroatoms. The summed E-state index contributed by atoms with van der Waals surface area (Å²) in [5, 5.41) is 42.5. The van der Waals surface area contributed by atoms with Crippen molar-refractivity contribution < 1.29 is 123 Å². The van der Waals surface area contributed by atoms with E-state index in [4.69, 9.17) is 22.1 Å². The molecule has 23 rings (SSSR count). The number of nitrogens with zero attached hydrogens (tertiary/aromatic N) is 20. The summed E-state index contributed by atoms with van der Waals surface area (Å²) in [4.78, 5) is 20.7. The molecular formula is C106H83Ir5N20O5-5. The molecule has 23 aromatic rings. The van der Waals surface area contributed by atoms with Gasteiger partial charge in [0.25, 0.3) is 0 Å². The van der Waals surface area contributed by atoms with E-state index in [1.165, 1.54) is 82.0 Å². The van der Waals surface area contributed by atoms with Crippen LogP contribution < -0.4 is 0 Å². The van der Waals surface area contributed by atoms with Crippen molar-refractivity contribution in [1.29, 1.82) is 0 Å². The third-order valence-electron chi connectivity index (χ3n) is 22.7. The van der Waals surface area contributed by atoms with Gasteiger partial charge < -0.3 is 44.9 Å². The van der Waals surface area contributed by atoms with Crippen molar-refractivity contribution in [3.8, 4) is 119 Å². The Morgan fingerprint density at radius 2 is 0.507 bits per heavy atom. The van der Waals surface area contributed by atoms with Crippen LogP contribution in [0.2, 0.25) is 0 Å². The van der Waals surface area contributed by atoms with Crippen molar-refractivity contribution in [2.24, 2.45) is 0 Å². The molecule has 0 saturated heterocycles. The Morgan fingerprint density at radius 1 is 0.250 bits per heavy atom. The Balaban J connectivity index is 0.000000136. The first-order valence-corrected chi connectivity index (χ1v) is 42.5. The number of para-hydroxylation sites is 3. The van der Waals surface area contributed by atoms with Crippen molar-refractivity contribution in [1.82, 2.24) is 98.7 Å². The molecule has 0 bridgehead atoms. The number of aryl methyl sites for hydroxylation is 7. The van der Waals surface area contributed by atoms with Gasteiger partial charge in [-0.3, -0.25) is 24.9 Å². The zero-order chi connectivity index (χ0) is 89.8. The van der Waals surface area contributed by atoms with Gasteiger partial charge in [-0.15, -0.1) is 114 Å². The molecule has 25 nitrogen and oxygen atoms in total. The first-order valence-electron chi connectivity index (χ1n) is 42.5. The van der Waals surface area contributed by atoms with Crippen LogP contribution in [0.5, 0.6) is 0 Å². The first-order chi connectivity index (χ1) is 64.0. The van der Waals surface area contributed by atoms with Gasteiger partial charge in [-0.05, 0) is 139 Å². The van der Waals surface area contributed by atoms with E-state index < -0.39 is 0 Å². The van der Waals surface area contributed by atoms with Crippen LogP contribution in [0.4, 0.5) is 0 Å². The molecule has 0 spiro atoms. The van der Waals surface area contributed by atoms with E-state index >= 15 is 0 Å². The minimum absolute atomic E-state index is 0. The molecule has 687 valence electrons. The molecule has 0 amide bonds. The van der Waals surface area contributed by atoms with E-state index in [1.54, 1.807) is 37.7 Å². The van der Waals surface area contributed by atoms with Gasteiger partial charge in [-0.2, -0.15) is 25.5 Å². The standard InChI is InChI=1S/C27H17N4O.C23H17N4O.C21H21N4O.C18H15N4O.C17H13N4O.5Ir/c1-3-8-19(9-4-1)22-12-7-13-23(20-10-5-2-6-11-20)26(22)31-17-29-30-27(31)21-14-15-24-25(16-21)32-18-28-24;1-15-10-19(17-6-4-3-5-7-17)11-16(2)22(15)27-13-25-26-23(27)18-8-9-20-21(12-18)28-14-24-20;1-13(2)16-6-5-7-17(14(3)4)20(16)25-11-23-24-21(25)15-8-9-18-19(10-15)26-12-22-18;1-11-6-12(2)17(13(3)7-11)22-9-20-21-18(22)14-4-5-15-16(8-14)23-10-19-15;1-11-4-3-5-12(2)16(11)21-9-19-20-17(21)13-6-7-14-15(8-13)22-10-18-14;;;;;/h1-13,15-18H;3-7,9-14H,1-2H3;5-7,9-14H,1-4H3;5-10H,1-3H3;3-5,7-10H,1-2H3;;;;;/q5*-1;;;;;. The molecule has 0 unspecified atom stereocenters. The van der Waals surface area contributed by atoms with Crippen LogP contribution in [-0.4, -0.2) is 98.7 Å². The summed E-state index contributed by atoms with van der Waals surface area (Å²) in [6, 6.07) is 93.6. The van der Waals surface area contributed by atoms with Crippen LogP contribution >= 0.6 is 0 Å². The normalized spacial score (nSPS) is 10.9. The van der Waals surface area contributed by atoms with Crippen LogP contribution in [0.3, 0.4) is 0 Å². The fourth-order valence-corrected chi connectivity index (χ4v) is 16.7. The van der Waals surface area contributed by atoms with E-state index in [-0.39, 0.29) is 101 Å². The van der Waals surface area contributed by atoms with Gasteiger partial charge in [0.2, 0.25) is 0 Å². The van der Waals surface area contributed by atoms with E-state index in [2.05, 4.69) is 308 Å². The Labute approximate surface area is 850 Å². The van der Waals surface area contributed by atoms with Gasteiger partial charge in [0, 0.05) is 162 Å². The summed E-state index contributed by atoms with van der Waals surface area (Å²) in [5.74, 6) is 4.40. The number of aromatic nitrogens is 20. The quantitative estimate of drug-likeness (QED) is 0.0862. The molecule has 0 atom stereocenters. The van der Waals surface area contributed by atoms with Gasteiger partial charge in [0.15, 0.2) is 32.0 Å². The Bertz CT molecular complexity index is 7880. The van der Waals surface area contributed by atoms with Crippen molar-refractivity contribution in [2.75, 3.05) is 0 Å². The second kappa shape index (κ2) is 43.7. The minimum atomic E-state index is 0. The molecule has 0 saturated carbocycles. The minimum Gasteiger partial charge on any atom is -0.464 e. The average molecular weight is 2680 g/mol. The molecule has 10 heterocycles. The summed E-state index contributed by atoms with van der Waals surface area (Å²) < 4.78 is 37.2. The van der Waals surface area contributed by atoms with Gasteiger partial charge in [0.05, 0.1) is 62.7 Å². The van der Waals surface area contributed by atoms with Crippen LogP contribution in [-0.2, 0) is 101 Å². The number of hydrogen-bond acceptors (Lipinski definition) is 20. The fraction of sp³-hybridized carbons (Fsp3) is 0.123. The van der Waals surface area contributed by atoms with E-state index in [0.29, 0.717) is 40.0 Å². The monoisotopic (exact) mass is 2680 g/mol. The summed E-state index contributed by atoms with van der Waals surface area (Å²) in [7, 11) is 0. The maximum Gasteiger partial charge on any atom is 0.170 e. The predicted molar refractivity (Wildman–Crippen MR) is 504 cm³/mol. The van der Waals surface area contributed by atoms with Crippen LogP contribution in [0.1, 0.15) is 89.6 Å². The fourth-order valence-electron chi connectivity index (χ4n) is 16.7. The molecule has 0 aliphatic heterocycles. The SMILES string of the molecule is CC(C)c1cccc(C(C)C)c1-n1cnnc1-c1[c-]cc2ncoc2c1.Cc1cc(-c2ccccc2)cc(C)c1-n1cnnc1-c1[c-]cc2ncoc2c1.Cc1cc(C)c(-n2cnnc2-c2[c-]cc3ncoc3c2)c(C)c1.Cc1cccc(C)c1-n1cnnc1-c1[c-]cc2ncoc2c1.[Ir].[Ir].[Ir].[Ir].[Ir].[c-]1cc2ncoc2cc1-c1nncn1-c1c(-c2ccccc2)cccc1-c1ccccc1. The summed E-state index contributed by atoms with van der Waals surface area (Å²) in [6.45, 7) is 23.5. The summed E-state index contributed by atoms with van der Waals surface area (Å²) in [5.41, 5.74) is 34.6.